The highest BCUT2D eigenvalue weighted by molar-refractivity contribution is 7.89. The van der Waals surface area contributed by atoms with Gasteiger partial charge in [0.05, 0.1) is 17.1 Å². The molecule has 0 bridgehead atoms. The van der Waals surface area contributed by atoms with E-state index in [1.54, 1.807) is 0 Å². The summed E-state index contributed by atoms with van der Waals surface area (Å²) < 4.78 is 26.0. The average molecular weight is 301 g/mol. The molecule has 2 N–H and O–H groups in total. The standard InChI is InChI=1S/C13H19NO5S/c1-2-3-8-14(9-10-15)20(18,19)12-6-4-11(5-7-12)13(16)17/h4-7,15H,2-3,8-10H2,1H3,(H,16,17). The lowest BCUT2D eigenvalue weighted by molar-refractivity contribution is 0.0696. The van der Waals surface area contributed by atoms with Crippen molar-refractivity contribution in [3.8, 4) is 0 Å². The molecule has 0 aliphatic carbocycles. The van der Waals surface area contributed by atoms with Crippen LogP contribution in [0.1, 0.15) is 30.1 Å². The van der Waals surface area contributed by atoms with Crippen LogP contribution in [0.25, 0.3) is 0 Å². The summed E-state index contributed by atoms with van der Waals surface area (Å²) in [5.41, 5.74) is 0.0335. The second-order valence-corrected chi connectivity index (χ2v) is 6.25. The second-order valence-electron chi connectivity index (χ2n) is 4.31. The lowest BCUT2D eigenvalue weighted by Crippen LogP contribution is -2.34. The second kappa shape index (κ2) is 7.37. The van der Waals surface area contributed by atoms with Gasteiger partial charge in [0.25, 0.3) is 0 Å². The predicted molar refractivity (Wildman–Crippen MR) is 74.2 cm³/mol. The highest BCUT2D eigenvalue weighted by Gasteiger charge is 2.23. The van der Waals surface area contributed by atoms with Crippen molar-refractivity contribution in [1.29, 1.82) is 0 Å². The minimum absolute atomic E-state index is 0.0308. The third-order valence-corrected chi connectivity index (χ3v) is 4.76. The van der Waals surface area contributed by atoms with E-state index in [1.165, 1.54) is 28.6 Å². The predicted octanol–water partition coefficient (Wildman–Crippen LogP) is 1.17. The zero-order valence-electron chi connectivity index (χ0n) is 11.3. The number of carboxylic acid groups (broad SMARTS) is 1. The van der Waals surface area contributed by atoms with Gasteiger partial charge in [0, 0.05) is 13.1 Å². The molecule has 0 fully saturated rings. The lowest BCUT2D eigenvalue weighted by Gasteiger charge is -2.21. The molecule has 20 heavy (non-hydrogen) atoms. The van der Waals surface area contributed by atoms with Crippen LogP contribution in [0.2, 0.25) is 0 Å². The maximum absolute atomic E-state index is 12.4. The van der Waals surface area contributed by atoms with Crippen LogP contribution < -0.4 is 0 Å². The van der Waals surface area contributed by atoms with Crippen molar-refractivity contribution in [2.24, 2.45) is 0 Å². The molecule has 0 heterocycles. The first-order valence-corrected chi connectivity index (χ1v) is 7.81. The highest BCUT2D eigenvalue weighted by atomic mass is 32.2. The average Bonchev–Trinajstić information content (AvgIpc) is 2.43. The maximum atomic E-state index is 12.4. The van der Waals surface area contributed by atoms with E-state index < -0.39 is 16.0 Å². The Kier molecular flexibility index (Phi) is 6.12. The topological polar surface area (TPSA) is 94.9 Å². The van der Waals surface area contributed by atoms with Crippen molar-refractivity contribution < 1.29 is 23.4 Å². The zero-order chi connectivity index (χ0) is 15.2. The van der Waals surface area contributed by atoms with Gasteiger partial charge < -0.3 is 10.2 Å². The Balaban J connectivity index is 3.02. The fourth-order valence-electron chi connectivity index (χ4n) is 1.72. The molecule has 0 aliphatic heterocycles. The number of sulfonamides is 1. The number of hydrogen-bond donors (Lipinski definition) is 2. The quantitative estimate of drug-likeness (QED) is 0.751. The first kappa shape index (κ1) is 16.6. The van der Waals surface area contributed by atoms with Gasteiger partial charge in [-0.2, -0.15) is 4.31 Å². The fraction of sp³-hybridized carbons (Fsp3) is 0.462. The van der Waals surface area contributed by atoms with Crippen molar-refractivity contribution in [3.63, 3.8) is 0 Å². The summed E-state index contributed by atoms with van der Waals surface area (Å²) in [6, 6.07) is 5.06. The summed E-state index contributed by atoms with van der Waals surface area (Å²) in [5, 5.41) is 17.8. The van der Waals surface area contributed by atoms with E-state index in [1.807, 2.05) is 6.92 Å². The van der Waals surface area contributed by atoms with Gasteiger partial charge in [-0.05, 0) is 30.7 Å². The molecule has 112 valence electrons. The lowest BCUT2D eigenvalue weighted by atomic mass is 10.2. The number of benzene rings is 1. The largest absolute Gasteiger partial charge is 0.478 e. The van der Waals surface area contributed by atoms with E-state index in [-0.39, 0.29) is 23.6 Å². The van der Waals surface area contributed by atoms with E-state index in [0.29, 0.717) is 13.0 Å². The van der Waals surface area contributed by atoms with Crippen LogP contribution in [0.5, 0.6) is 0 Å². The van der Waals surface area contributed by atoms with E-state index >= 15 is 0 Å². The Morgan fingerprint density at radius 3 is 2.25 bits per heavy atom. The van der Waals surface area contributed by atoms with Crippen molar-refractivity contribution in [3.05, 3.63) is 29.8 Å². The van der Waals surface area contributed by atoms with Crippen molar-refractivity contribution >= 4 is 16.0 Å². The molecule has 0 radical (unpaired) electrons. The number of rotatable bonds is 8. The monoisotopic (exact) mass is 301 g/mol. The van der Waals surface area contributed by atoms with E-state index in [0.717, 1.165) is 6.42 Å². The van der Waals surface area contributed by atoms with Crippen LogP contribution in [0, 0.1) is 0 Å². The van der Waals surface area contributed by atoms with Crippen molar-refractivity contribution in [1.82, 2.24) is 4.31 Å². The van der Waals surface area contributed by atoms with Gasteiger partial charge in [0.1, 0.15) is 0 Å². The van der Waals surface area contributed by atoms with Crippen LogP contribution in [0.15, 0.2) is 29.2 Å². The molecule has 0 saturated heterocycles. The molecule has 0 aliphatic rings. The van der Waals surface area contributed by atoms with Gasteiger partial charge in [-0.15, -0.1) is 0 Å². The van der Waals surface area contributed by atoms with E-state index in [4.69, 9.17) is 10.2 Å². The van der Waals surface area contributed by atoms with Gasteiger partial charge >= 0.3 is 5.97 Å². The van der Waals surface area contributed by atoms with Gasteiger partial charge in [0.2, 0.25) is 10.0 Å². The first-order valence-electron chi connectivity index (χ1n) is 6.37. The minimum atomic E-state index is -3.70. The van der Waals surface area contributed by atoms with Gasteiger partial charge in [-0.25, -0.2) is 13.2 Å². The Labute approximate surface area is 118 Å². The molecule has 0 aromatic heterocycles. The molecule has 0 saturated carbocycles. The zero-order valence-corrected chi connectivity index (χ0v) is 12.1. The number of unbranched alkanes of at least 4 members (excludes halogenated alkanes) is 1. The smallest absolute Gasteiger partial charge is 0.335 e. The molecule has 0 spiro atoms. The van der Waals surface area contributed by atoms with Crippen molar-refractivity contribution in [2.45, 2.75) is 24.7 Å². The summed E-state index contributed by atoms with van der Waals surface area (Å²) in [7, 11) is -3.70. The number of aromatic carboxylic acids is 1. The molecular weight excluding hydrogens is 282 g/mol. The molecule has 1 aromatic carbocycles. The van der Waals surface area contributed by atoms with E-state index in [9.17, 15) is 13.2 Å². The van der Waals surface area contributed by atoms with Crippen LogP contribution in [0.4, 0.5) is 0 Å². The molecule has 1 aromatic rings. The number of aliphatic hydroxyl groups excluding tert-OH is 1. The Bertz CT molecular complexity index is 538. The molecule has 6 nitrogen and oxygen atoms in total. The third kappa shape index (κ3) is 4.03. The summed E-state index contributed by atoms with van der Waals surface area (Å²) in [6.45, 7) is 2.06. The van der Waals surface area contributed by atoms with Crippen LogP contribution >= 0.6 is 0 Å². The number of nitrogens with zero attached hydrogens (tertiary/aromatic N) is 1. The Hall–Kier alpha value is -1.44. The molecular formula is C13H19NO5S. The molecule has 0 amide bonds. The first-order chi connectivity index (χ1) is 9.43. The number of carboxylic acids is 1. The minimum Gasteiger partial charge on any atom is -0.478 e. The molecule has 1 rings (SSSR count). The SMILES string of the molecule is CCCCN(CCO)S(=O)(=O)c1ccc(C(=O)O)cc1. The fourth-order valence-corrected chi connectivity index (χ4v) is 3.19. The van der Waals surface area contributed by atoms with Crippen molar-refractivity contribution in [2.75, 3.05) is 19.7 Å². The summed E-state index contributed by atoms with van der Waals surface area (Å²) >= 11 is 0. The number of aliphatic hydroxyl groups is 1. The molecule has 7 heteroatoms. The van der Waals surface area contributed by atoms with Crippen LogP contribution in [-0.4, -0.2) is 48.6 Å². The summed E-state index contributed by atoms with van der Waals surface area (Å²) in [4.78, 5) is 10.8. The number of hydrogen-bond acceptors (Lipinski definition) is 4. The van der Waals surface area contributed by atoms with Gasteiger partial charge in [-0.3, -0.25) is 0 Å². The summed E-state index contributed by atoms with van der Waals surface area (Å²) in [5.74, 6) is -1.10. The van der Waals surface area contributed by atoms with Crippen LogP contribution in [0.3, 0.4) is 0 Å². The summed E-state index contributed by atoms with van der Waals surface area (Å²) in [6.07, 6.45) is 1.54. The van der Waals surface area contributed by atoms with Crippen LogP contribution in [-0.2, 0) is 10.0 Å². The Morgan fingerprint density at radius 1 is 1.20 bits per heavy atom. The van der Waals surface area contributed by atoms with Gasteiger partial charge in [0.15, 0.2) is 0 Å². The number of carbonyl (C=O) groups is 1. The maximum Gasteiger partial charge on any atom is 0.335 e. The third-order valence-electron chi connectivity index (χ3n) is 2.85. The highest BCUT2D eigenvalue weighted by Crippen LogP contribution is 2.17. The molecule has 0 unspecified atom stereocenters. The Morgan fingerprint density at radius 2 is 1.80 bits per heavy atom. The normalized spacial score (nSPS) is 11.8. The molecule has 0 atom stereocenters. The van der Waals surface area contributed by atoms with E-state index in [2.05, 4.69) is 0 Å². The van der Waals surface area contributed by atoms with Gasteiger partial charge in [-0.1, -0.05) is 13.3 Å².